The molecule has 0 bridgehead atoms. The van der Waals surface area contributed by atoms with E-state index in [0.29, 0.717) is 17.5 Å². The van der Waals surface area contributed by atoms with E-state index in [0.717, 1.165) is 24.4 Å². The van der Waals surface area contributed by atoms with Crippen LogP contribution in [0.4, 0.5) is 0 Å². The van der Waals surface area contributed by atoms with Crippen LogP contribution in [0.3, 0.4) is 0 Å². The van der Waals surface area contributed by atoms with Crippen LogP contribution in [0, 0.1) is 0 Å². The van der Waals surface area contributed by atoms with Crippen molar-refractivity contribution in [2.24, 2.45) is 0 Å². The lowest BCUT2D eigenvalue weighted by Gasteiger charge is -2.18. The number of carbonyl (C=O) groups excluding carboxylic acids is 1. The van der Waals surface area contributed by atoms with Gasteiger partial charge in [-0.1, -0.05) is 11.8 Å². The zero-order valence-electron chi connectivity index (χ0n) is 7.32. The Kier molecular flexibility index (Phi) is 2.68. The second kappa shape index (κ2) is 3.96. The first-order valence-electron chi connectivity index (χ1n) is 4.52. The zero-order chi connectivity index (χ0) is 9.10. The van der Waals surface area contributed by atoms with Crippen molar-refractivity contribution in [3.63, 3.8) is 0 Å². The molecule has 1 aliphatic rings. The van der Waals surface area contributed by atoms with Gasteiger partial charge in [0.05, 0.1) is 0 Å². The molecule has 1 atom stereocenters. The molecule has 0 saturated heterocycles. The molecule has 1 N–H and O–H groups in total. The summed E-state index contributed by atoms with van der Waals surface area (Å²) < 4.78 is 0. The highest BCUT2D eigenvalue weighted by atomic mass is 32.2. The second-order valence-electron chi connectivity index (χ2n) is 3.27. The van der Waals surface area contributed by atoms with Gasteiger partial charge in [0.2, 0.25) is 0 Å². The van der Waals surface area contributed by atoms with E-state index in [9.17, 15) is 4.79 Å². The zero-order valence-corrected chi connectivity index (χ0v) is 8.14. The van der Waals surface area contributed by atoms with Gasteiger partial charge in [0.15, 0.2) is 5.16 Å². The van der Waals surface area contributed by atoms with E-state index in [1.807, 2.05) is 6.20 Å². The van der Waals surface area contributed by atoms with Gasteiger partial charge >= 0.3 is 0 Å². The number of hydrogen-bond acceptors (Lipinski definition) is 3. The maximum Gasteiger partial charge on any atom is 0.165 e. The predicted octanol–water partition coefficient (Wildman–Crippen LogP) is 2.01. The molecule has 0 radical (unpaired) electrons. The molecule has 1 aliphatic carbocycles. The summed E-state index contributed by atoms with van der Waals surface area (Å²) in [6.07, 6.45) is 7.22. The number of nitrogens with one attached hydrogen (secondary N) is 1. The molecular formula is C9H12N2OS. The Morgan fingerprint density at radius 3 is 3.23 bits per heavy atom. The van der Waals surface area contributed by atoms with E-state index in [1.165, 1.54) is 0 Å². The third kappa shape index (κ3) is 2.34. The number of H-pyrrole nitrogens is 1. The first kappa shape index (κ1) is 8.81. The maximum atomic E-state index is 11.2. The first-order chi connectivity index (χ1) is 6.34. The van der Waals surface area contributed by atoms with E-state index in [1.54, 1.807) is 18.0 Å². The van der Waals surface area contributed by atoms with Crippen LogP contribution in [-0.2, 0) is 4.79 Å². The Balaban J connectivity index is 1.91. The van der Waals surface area contributed by atoms with Gasteiger partial charge in [0.25, 0.3) is 0 Å². The molecule has 1 heterocycles. The minimum Gasteiger partial charge on any atom is -0.340 e. The molecule has 0 amide bonds. The molecule has 70 valence electrons. The summed E-state index contributed by atoms with van der Waals surface area (Å²) in [4.78, 5) is 18.3. The number of Topliss-reactive ketones (excluding diaryl/α,β-unsaturated/α-hetero) is 1. The van der Waals surface area contributed by atoms with E-state index in [2.05, 4.69) is 9.97 Å². The quantitative estimate of drug-likeness (QED) is 0.787. The molecule has 1 unspecified atom stereocenters. The smallest absolute Gasteiger partial charge is 0.165 e. The molecule has 0 spiro atoms. The number of aromatic nitrogens is 2. The largest absolute Gasteiger partial charge is 0.340 e. The van der Waals surface area contributed by atoms with Crippen LogP contribution in [0.1, 0.15) is 25.7 Å². The van der Waals surface area contributed by atoms with Crippen LogP contribution in [-0.4, -0.2) is 21.0 Å². The summed E-state index contributed by atoms with van der Waals surface area (Å²) in [6, 6.07) is 0. The van der Waals surface area contributed by atoms with Crippen LogP contribution in [0.25, 0.3) is 0 Å². The van der Waals surface area contributed by atoms with Gasteiger partial charge in [-0.3, -0.25) is 4.79 Å². The molecule has 13 heavy (non-hydrogen) atoms. The lowest BCUT2D eigenvalue weighted by molar-refractivity contribution is -0.120. The second-order valence-corrected chi connectivity index (χ2v) is 4.56. The lowest BCUT2D eigenvalue weighted by atomic mass is 9.99. The number of hydrogen-bond donors (Lipinski definition) is 1. The summed E-state index contributed by atoms with van der Waals surface area (Å²) in [5.74, 6) is 0.398. The van der Waals surface area contributed by atoms with E-state index in [-0.39, 0.29) is 0 Å². The molecule has 3 nitrogen and oxygen atoms in total. The lowest BCUT2D eigenvalue weighted by Crippen LogP contribution is -2.16. The molecular weight excluding hydrogens is 184 g/mol. The molecule has 1 aromatic rings. The Bertz CT molecular complexity index is 284. The van der Waals surface area contributed by atoms with Crippen molar-refractivity contribution >= 4 is 17.5 Å². The summed E-state index contributed by atoms with van der Waals surface area (Å²) in [5, 5.41) is 1.37. The fourth-order valence-corrected chi connectivity index (χ4v) is 2.69. The highest BCUT2D eigenvalue weighted by Gasteiger charge is 2.20. The minimum atomic E-state index is 0.398. The van der Waals surface area contributed by atoms with Crippen molar-refractivity contribution < 1.29 is 4.79 Å². The number of aromatic amines is 1. The standard InChI is InChI=1S/C9H12N2OS/c12-7-2-1-3-8(6-7)13-9-10-4-5-11-9/h4-5,8H,1-3,6H2,(H,10,11). The van der Waals surface area contributed by atoms with Crippen molar-refractivity contribution in [3.05, 3.63) is 12.4 Å². The molecule has 1 fully saturated rings. The average Bonchev–Trinajstić information content (AvgIpc) is 2.57. The monoisotopic (exact) mass is 196 g/mol. The number of ketones is 1. The molecule has 1 saturated carbocycles. The number of imidazole rings is 1. The number of thioether (sulfide) groups is 1. The SMILES string of the molecule is O=C1CCCC(Sc2ncc[nH]2)C1. The van der Waals surface area contributed by atoms with Crippen molar-refractivity contribution in [3.8, 4) is 0 Å². The normalized spacial score (nSPS) is 23.4. The van der Waals surface area contributed by atoms with Gasteiger partial charge in [-0.25, -0.2) is 4.98 Å². The molecule has 1 aromatic heterocycles. The highest BCUT2D eigenvalue weighted by Crippen LogP contribution is 2.29. The Hall–Kier alpha value is -0.770. The minimum absolute atomic E-state index is 0.398. The van der Waals surface area contributed by atoms with Crippen LogP contribution in [0.15, 0.2) is 17.6 Å². The fourth-order valence-electron chi connectivity index (χ4n) is 1.56. The predicted molar refractivity (Wildman–Crippen MR) is 51.7 cm³/mol. The van der Waals surface area contributed by atoms with Crippen LogP contribution in [0.2, 0.25) is 0 Å². The van der Waals surface area contributed by atoms with E-state index >= 15 is 0 Å². The molecule has 0 aromatic carbocycles. The number of rotatable bonds is 2. The van der Waals surface area contributed by atoms with Crippen molar-refractivity contribution in [1.29, 1.82) is 0 Å². The molecule has 4 heteroatoms. The average molecular weight is 196 g/mol. The van der Waals surface area contributed by atoms with Gasteiger partial charge in [-0.2, -0.15) is 0 Å². The van der Waals surface area contributed by atoms with Gasteiger partial charge in [-0.05, 0) is 12.8 Å². The van der Waals surface area contributed by atoms with Crippen LogP contribution < -0.4 is 0 Å². The van der Waals surface area contributed by atoms with Gasteiger partial charge < -0.3 is 4.98 Å². The number of carbonyl (C=O) groups is 1. The van der Waals surface area contributed by atoms with Crippen LogP contribution >= 0.6 is 11.8 Å². The van der Waals surface area contributed by atoms with E-state index < -0.39 is 0 Å². The fraction of sp³-hybridized carbons (Fsp3) is 0.556. The number of nitrogens with zero attached hydrogens (tertiary/aromatic N) is 1. The van der Waals surface area contributed by atoms with Crippen molar-refractivity contribution in [2.75, 3.05) is 0 Å². The first-order valence-corrected chi connectivity index (χ1v) is 5.40. The highest BCUT2D eigenvalue weighted by molar-refractivity contribution is 7.99. The Morgan fingerprint density at radius 2 is 2.54 bits per heavy atom. The maximum absolute atomic E-state index is 11.2. The Morgan fingerprint density at radius 1 is 1.62 bits per heavy atom. The van der Waals surface area contributed by atoms with Gasteiger partial charge in [0, 0.05) is 30.5 Å². The van der Waals surface area contributed by atoms with Crippen molar-refractivity contribution in [1.82, 2.24) is 9.97 Å². The Labute approximate surface area is 81.3 Å². The van der Waals surface area contributed by atoms with E-state index in [4.69, 9.17) is 0 Å². The molecule has 2 rings (SSSR count). The third-order valence-electron chi connectivity index (χ3n) is 2.19. The topological polar surface area (TPSA) is 45.8 Å². The van der Waals surface area contributed by atoms with Crippen molar-refractivity contribution in [2.45, 2.75) is 36.1 Å². The van der Waals surface area contributed by atoms with Gasteiger partial charge in [-0.15, -0.1) is 0 Å². The summed E-state index contributed by atoms with van der Waals surface area (Å²) in [5.41, 5.74) is 0. The molecule has 0 aliphatic heterocycles. The van der Waals surface area contributed by atoms with Gasteiger partial charge in [0.1, 0.15) is 5.78 Å². The summed E-state index contributed by atoms with van der Waals surface area (Å²) in [7, 11) is 0. The third-order valence-corrected chi connectivity index (χ3v) is 3.37. The summed E-state index contributed by atoms with van der Waals surface area (Å²) in [6.45, 7) is 0. The van der Waals surface area contributed by atoms with Crippen LogP contribution in [0.5, 0.6) is 0 Å². The summed E-state index contributed by atoms with van der Waals surface area (Å²) >= 11 is 1.69.